The molecule has 0 radical (unpaired) electrons. The number of nitrogens with zero attached hydrogens (tertiary/aromatic N) is 6. The third-order valence-electron chi connectivity index (χ3n) is 8.20. The molecule has 234 valence electrons. The molecule has 0 spiro atoms. The standard InChI is InChI=1S/C34H42N10O/c1-22(2)28-21-37-44-32(28)40-34(43-16-13-25(35)14-17-43)41-33(44)36-20-23-8-5-6-9-27(23)30-19-24-18-26(11-12-29(24)39-30)38-31(45)10-7-15-42(3)4/h5-12,18-19,21-22,25,39H,13-17,20,35H2,1-4H3,(H,38,45)(H,36,40,41)/b10-7+. The molecule has 1 saturated heterocycles. The third kappa shape index (κ3) is 6.84. The molecule has 1 amide bonds. The Morgan fingerprint density at radius 1 is 1.13 bits per heavy atom. The van der Waals surface area contributed by atoms with Crippen molar-refractivity contribution in [2.75, 3.05) is 49.3 Å². The predicted octanol–water partition coefficient (Wildman–Crippen LogP) is 4.99. The van der Waals surface area contributed by atoms with Crippen LogP contribution in [0.2, 0.25) is 0 Å². The highest BCUT2D eigenvalue weighted by Crippen LogP contribution is 2.30. The zero-order chi connectivity index (χ0) is 31.5. The molecule has 0 unspecified atom stereocenters. The van der Waals surface area contributed by atoms with E-state index in [1.54, 1.807) is 6.08 Å². The van der Waals surface area contributed by atoms with E-state index in [0.29, 0.717) is 25.0 Å². The van der Waals surface area contributed by atoms with Crippen molar-refractivity contribution < 1.29 is 4.79 Å². The summed E-state index contributed by atoms with van der Waals surface area (Å²) in [6, 6.07) is 16.6. The Balaban J connectivity index is 1.25. The SMILES string of the molecule is CC(C)c1cnn2c(NCc3ccccc3-c3cc4cc(NC(=O)/C=C/CN(C)C)ccc4[nH]3)nc(N3CCC(N)CC3)nc12. The highest BCUT2D eigenvalue weighted by atomic mass is 16.1. The molecule has 11 nitrogen and oxygen atoms in total. The summed E-state index contributed by atoms with van der Waals surface area (Å²) in [6.07, 6.45) is 7.16. The summed E-state index contributed by atoms with van der Waals surface area (Å²) in [7, 11) is 3.93. The molecule has 5 aromatic rings. The Labute approximate surface area is 263 Å². The number of rotatable bonds is 10. The number of aromatic nitrogens is 5. The van der Waals surface area contributed by atoms with E-state index in [1.807, 2.05) is 66.1 Å². The van der Waals surface area contributed by atoms with E-state index < -0.39 is 0 Å². The normalized spacial score (nSPS) is 14.4. The van der Waals surface area contributed by atoms with Gasteiger partial charge in [0, 0.05) is 71.7 Å². The number of anilines is 3. The summed E-state index contributed by atoms with van der Waals surface area (Å²) in [5, 5.41) is 12.2. The van der Waals surface area contributed by atoms with Gasteiger partial charge in [-0.05, 0) is 62.7 Å². The highest BCUT2D eigenvalue weighted by molar-refractivity contribution is 6.01. The molecular formula is C34H42N10O. The molecule has 0 aliphatic carbocycles. The van der Waals surface area contributed by atoms with Crippen LogP contribution in [0.1, 0.15) is 43.7 Å². The van der Waals surface area contributed by atoms with Crippen molar-refractivity contribution in [2.45, 2.75) is 45.2 Å². The van der Waals surface area contributed by atoms with E-state index in [-0.39, 0.29) is 17.9 Å². The van der Waals surface area contributed by atoms with Gasteiger partial charge >= 0.3 is 0 Å². The largest absolute Gasteiger partial charge is 0.355 e. The Morgan fingerprint density at radius 3 is 2.71 bits per heavy atom. The third-order valence-corrected chi connectivity index (χ3v) is 8.20. The van der Waals surface area contributed by atoms with Gasteiger partial charge in [0.15, 0.2) is 5.65 Å². The zero-order valence-electron chi connectivity index (χ0n) is 26.4. The number of nitrogens with one attached hydrogen (secondary N) is 3. The van der Waals surface area contributed by atoms with Gasteiger partial charge < -0.3 is 31.2 Å². The molecule has 11 heteroatoms. The van der Waals surface area contributed by atoms with Crippen LogP contribution < -0.4 is 21.3 Å². The fourth-order valence-corrected chi connectivity index (χ4v) is 5.67. The highest BCUT2D eigenvalue weighted by Gasteiger charge is 2.22. The van der Waals surface area contributed by atoms with Crippen molar-refractivity contribution in [1.82, 2.24) is 29.5 Å². The second-order valence-corrected chi connectivity index (χ2v) is 12.3. The monoisotopic (exact) mass is 606 g/mol. The number of likely N-dealkylation sites (N-methyl/N-ethyl adjacent to an activating group) is 1. The summed E-state index contributed by atoms with van der Waals surface area (Å²) >= 11 is 0. The number of amides is 1. The van der Waals surface area contributed by atoms with Gasteiger partial charge in [-0.1, -0.05) is 44.2 Å². The van der Waals surface area contributed by atoms with Crippen molar-refractivity contribution in [1.29, 1.82) is 0 Å². The van der Waals surface area contributed by atoms with E-state index in [1.165, 1.54) is 0 Å². The number of carbonyl (C=O) groups excluding carboxylic acids is 1. The van der Waals surface area contributed by atoms with E-state index in [9.17, 15) is 4.79 Å². The van der Waals surface area contributed by atoms with Crippen molar-refractivity contribution in [3.05, 3.63) is 78.0 Å². The predicted molar refractivity (Wildman–Crippen MR) is 182 cm³/mol. The Kier molecular flexibility index (Phi) is 8.81. The molecule has 45 heavy (non-hydrogen) atoms. The molecule has 2 aromatic carbocycles. The molecular weight excluding hydrogens is 564 g/mol. The lowest BCUT2D eigenvalue weighted by molar-refractivity contribution is -0.111. The second kappa shape index (κ2) is 13.1. The quantitative estimate of drug-likeness (QED) is 0.164. The van der Waals surface area contributed by atoms with Crippen molar-refractivity contribution in [3.63, 3.8) is 0 Å². The smallest absolute Gasteiger partial charge is 0.248 e. The van der Waals surface area contributed by atoms with Crippen LogP contribution in [0, 0.1) is 0 Å². The molecule has 3 aromatic heterocycles. The van der Waals surface area contributed by atoms with Gasteiger partial charge in [-0.15, -0.1) is 0 Å². The summed E-state index contributed by atoms with van der Waals surface area (Å²) in [6.45, 7) is 7.23. The van der Waals surface area contributed by atoms with E-state index >= 15 is 0 Å². The maximum absolute atomic E-state index is 12.4. The molecule has 5 N–H and O–H groups in total. The maximum atomic E-state index is 12.4. The summed E-state index contributed by atoms with van der Waals surface area (Å²) in [5.41, 5.74) is 13.0. The first-order valence-corrected chi connectivity index (χ1v) is 15.6. The summed E-state index contributed by atoms with van der Waals surface area (Å²) in [4.78, 5) is 30.1. The van der Waals surface area contributed by atoms with Crippen LogP contribution >= 0.6 is 0 Å². The number of fused-ring (bicyclic) bond motifs is 2. The fraction of sp³-hybridized carbons (Fsp3) is 0.353. The van der Waals surface area contributed by atoms with E-state index in [4.69, 9.17) is 15.7 Å². The second-order valence-electron chi connectivity index (χ2n) is 12.3. The van der Waals surface area contributed by atoms with E-state index in [2.05, 4.69) is 57.7 Å². The number of carbonyl (C=O) groups is 1. The first-order chi connectivity index (χ1) is 21.7. The molecule has 6 rings (SSSR count). The van der Waals surface area contributed by atoms with Gasteiger partial charge in [-0.3, -0.25) is 4.79 Å². The Morgan fingerprint density at radius 2 is 1.93 bits per heavy atom. The first kappa shape index (κ1) is 30.3. The number of piperidine rings is 1. The Hall–Kier alpha value is -4.74. The molecule has 4 heterocycles. The lowest BCUT2D eigenvalue weighted by Crippen LogP contribution is -2.40. The minimum absolute atomic E-state index is 0.146. The molecule has 0 saturated carbocycles. The van der Waals surface area contributed by atoms with Gasteiger partial charge in [-0.25, -0.2) is 0 Å². The van der Waals surface area contributed by atoms with Gasteiger partial charge in [-0.2, -0.15) is 19.6 Å². The Bertz CT molecular complexity index is 1830. The van der Waals surface area contributed by atoms with Crippen LogP contribution in [-0.2, 0) is 11.3 Å². The number of benzene rings is 2. The lowest BCUT2D eigenvalue weighted by atomic mass is 10.0. The molecule has 1 aliphatic heterocycles. The molecule has 0 atom stereocenters. The number of H-pyrrole nitrogens is 1. The van der Waals surface area contributed by atoms with Crippen LogP contribution in [0.4, 0.5) is 17.6 Å². The van der Waals surface area contributed by atoms with Crippen LogP contribution in [-0.4, -0.2) is 75.1 Å². The topological polar surface area (TPSA) is 132 Å². The van der Waals surface area contributed by atoms with Gasteiger partial charge in [0.1, 0.15) is 0 Å². The van der Waals surface area contributed by atoms with Crippen LogP contribution in [0.15, 0.2) is 66.9 Å². The average molecular weight is 607 g/mol. The summed E-state index contributed by atoms with van der Waals surface area (Å²) < 4.78 is 1.81. The van der Waals surface area contributed by atoms with Crippen LogP contribution in [0.3, 0.4) is 0 Å². The maximum Gasteiger partial charge on any atom is 0.248 e. The van der Waals surface area contributed by atoms with Crippen molar-refractivity contribution in [3.8, 4) is 11.3 Å². The molecule has 1 aliphatic rings. The number of hydrogen-bond acceptors (Lipinski definition) is 8. The van der Waals surface area contributed by atoms with Crippen LogP contribution in [0.5, 0.6) is 0 Å². The lowest BCUT2D eigenvalue weighted by Gasteiger charge is -2.30. The van der Waals surface area contributed by atoms with Crippen molar-refractivity contribution in [2.24, 2.45) is 5.73 Å². The summed E-state index contributed by atoms with van der Waals surface area (Å²) in [5.74, 6) is 1.50. The van der Waals surface area contributed by atoms with Gasteiger partial charge in [0.05, 0.1) is 6.20 Å². The van der Waals surface area contributed by atoms with Crippen molar-refractivity contribution >= 4 is 40.0 Å². The minimum Gasteiger partial charge on any atom is -0.355 e. The fourth-order valence-electron chi connectivity index (χ4n) is 5.67. The zero-order valence-corrected chi connectivity index (χ0v) is 26.4. The minimum atomic E-state index is -0.146. The van der Waals surface area contributed by atoms with Crippen LogP contribution in [0.25, 0.3) is 27.8 Å². The first-order valence-electron chi connectivity index (χ1n) is 15.6. The van der Waals surface area contributed by atoms with Gasteiger partial charge in [0.2, 0.25) is 17.8 Å². The van der Waals surface area contributed by atoms with Gasteiger partial charge in [0.25, 0.3) is 0 Å². The number of aromatic amines is 1. The molecule has 1 fully saturated rings. The number of hydrogen-bond donors (Lipinski definition) is 4. The average Bonchev–Trinajstić information content (AvgIpc) is 3.64. The van der Waals surface area contributed by atoms with E-state index in [0.717, 1.165) is 70.6 Å². The molecule has 0 bridgehead atoms. The number of nitrogens with two attached hydrogens (primary N) is 1.